The van der Waals surface area contributed by atoms with Crippen LogP contribution in [0.2, 0.25) is 0 Å². The van der Waals surface area contributed by atoms with Gasteiger partial charge >= 0.3 is 12.7 Å². The molecule has 1 rings (SSSR count). The van der Waals surface area contributed by atoms with Gasteiger partial charge in [0.2, 0.25) is 0 Å². The molecule has 0 bridgehead atoms. The van der Waals surface area contributed by atoms with Crippen LogP contribution in [-0.2, 0) is 9.47 Å². The van der Waals surface area contributed by atoms with Crippen molar-refractivity contribution in [1.82, 2.24) is 5.32 Å². The molecule has 1 aliphatic rings. The number of ether oxygens (including phenoxy) is 2. The summed E-state index contributed by atoms with van der Waals surface area (Å²) in [5, 5.41) is 2.59. The molecule has 1 amide bonds. The van der Waals surface area contributed by atoms with Crippen molar-refractivity contribution in [3.63, 3.8) is 0 Å². The third-order valence-corrected chi connectivity index (χ3v) is 2.11. The smallest absolute Gasteiger partial charge is 0.407 e. The minimum absolute atomic E-state index is 0.126. The first-order chi connectivity index (χ1) is 7.26. The fourth-order valence-electron chi connectivity index (χ4n) is 1.41. The molecule has 0 spiro atoms. The van der Waals surface area contributed by atoms with Gasteiger partial charge in [-0.15, -0.1) is 0 Å². The molecule has 0 atom stereocenters. The fourth-order valence-corrected chi connectivity index (χ4v) is 1.41. The quantitative estimate of drug-likeness (QED) is 0.819. The lowest BCUT2D eigenvalue weighted by Crippen LogP contribution is -2.49. The molecule has 0 aliphatic heterocycles. The summed E-state index contributed by atoms with van der Waals surface area (Å²) in [5.41, 5.74) is -0.549. The van der Waals surface area contributed by atoms with Crippen molar-refractivity contribution in [3.05, 3.63) is 0 Å². The van der Waals surface area contributed by atoms with Crippen LogP contribution < -0.4 is 5.32 Å². The Morgan fingerprint density at radius 1 is 1.38 bits per heavy atom. The van der Waals surface area contributed by atoms with Crippen LogP contribution in [0.5, 0.6) is 0 Å². The van der Waals surface area contributed by atoms with E-state index >= 15 is 0 Å². The van der Waals surface area contributed by atoms with Crippen LogP contribution in [0.3, 0.4) is 0 Å². The van der Waals surface area contributed by atoms with E-state index < -0.39 is 24.4 Å². The maximum absolute atomic E-state index is 11.8. The normalized spacial score (nSPS) is 25.1. The van der Waals surface area contributed by atoms with Crippen LogP contribution in [0, 0.1) is 0 Å². The highest BCUT2D eigenvalue weighted by Crippen LogP contribution is 2.25. The van der Waals surface area contributed by atoms with Crippen LogP contribution in [0.25, 0.3) is 0 Å². The number of rotatable bonds is 3. The Kier molecular flexibility index (Phi) is 4.07. The zero-order valence-electron chi connectivity index (χ0n) is 9.63. The molecular weight excluding hydrogens is 220 g/mol. The lowest BCUT2D eigenvalue weighted by molar-refractivity contribution is -0.185. The van der Waals surface area contributed by atoms with E-state index in [0.717, 1.165) is 0 Å². The van der Waals surface area contributed by atoms with Gasteiger partial charge in [0.05, 0.1) is 6.10 Å². The standard InChI is InChI=1S/C10H17F2NO3/c1-10(2,3)16-9(14)13-6-4-7(5-6)15-8(11)12/h6-8H,4-5H2,1-3H3,(H,13,14). The molecule has 0 unspecified atom stereocenters. The maximum Gasteiger partial charge on any atom is 0.407 e. The zero-order chi connectivity index (χ0) is 12.3. The van der Waals surface area contributed by atoms with Crippen molar-refractivity contribution < 1.29 is 23.0 Å². The number of hydrogen-bond acceptors (Lipinski definition) is 3. The van der Waals surface area contributed by atoms with E-state index in [1.54, 1.807) is 20.8 Å². The highest BCUT2D eigenvalue weighted by molar-refractivity contribution is 5.68. The van der Waals surface area contributed by atoms with Gasteiger partial charge in [-0.1, -0.05) is 0 Å². The number of carbonyl (C=O) groups is 1. The Morgan fingerprint density at radius 3 is 2.38 bits per heavy atom. The number of alkyl carbamates (subject to hydrolysis) is 1. The average molecular weight is 237 g/mol. The summed E-state index contributed by atoms with van der Waals surface area (Å²) < 4.78 is 32.9. The Labute approximate surface area is 93.3 Å². The summed E-state index contributed by atoms with van der Waals surface area (Å²) in [6.45, 7) is 2.54. The summed E-state index contributed by atoms with van der Waals surface area (Å²) in [6, 6.07) is -0.126. The van der Waals surface area contributed by atoms with Crippen LogP contribution in [0.1, 0.15) is 33.6 Å². The molecule has 0 saturated heterocycles. The monoisotopic (exact) mass is 237 g/mol. The third-order valence-electron chi connectivity index (χ3n) is 2.11. The number of halogens is 2. The lowest BCUT2D eigenvalue weighted by atomic mass is 9.89. The van der Waals surface area contributed by atoms with E-state index in [9.17, 15) is 13.6 Å². The third kappa shape index (κ3) is 4.74. The molecule has 1 saturated carbocycles. The molecule has 0 aromatic carbocycles. The van der Waals surface area contributed by atoms with Crippen molar-refractivity contribution in [3.8, 4) is 0 Å². The number of nitrogens with one attached hydrogen (secondary N) is 1. The topological polar surface area (TPSA) is 47.6 Å². The Bertz CT molecular complexity index is 247. The van der Waals surface area contributed by atoms with Gasteiger partial charge in [-0.2, -0.15) is 8.78 Å². The molecule has 1 fully saturated rings. The summed E-state index contributed by atoms with van der Waals surface area (Å²) in [4.78, 5) is 11.3. The minimum Gasteiger partial charge on any atom is -0.444 e. The van der Waals surface area contributed by atoms with Crippen molar-refractivity contribution >= 4 is 6.09 Å². The Hall–Kier alpha value is -0.910. The molecule has 6 heteroatoms. The number of hydrogen-bond donors (Lipinski definition) is 1. The highest BCUT2D eigenvalue weighted by atomic mass is 19.3. The Morgan fingerprint density at radius 2 is 1.94 bits per heavy atom. The van der Waals surface area contributed by atoms with Gasteiger partial charge in [-0.05, 0) is 33.6 Å². The van der Waals surface area contributed by atoms with E-state index in [1.165, 1.54) is 0 Å². The van der Waals surface area contributed by atoms with E-state index in [0.29, 0.717) is 12.8 Å². The number of alkyl halides is 2. The van der Waals surface area contributed by atoms with Crippen LogP contribution >= 0.6 is 0 Å². The number of carbonyl (C=O) groups excluding carboxylic acids is 1. The van der Waals surface area contributed by atoms with Gasteiger partial charge < -0.3 is 14.8 Å². The summed E-state index contributed by atoms with van der Waals surface area (Å²) in [6.07, 6.45) is -0.166. The molecule has 16 heavy (non-hydrogen) atoms. The first kappa shape index (κ1) is 13.2. The van der Waals surface area contributed by atoms with Crippen LogP contribution in [-0.4, -0.2) is 30.5 Å². The van der Waals surface area contributed by atoms with Crippen molar-refractivity contribution in [2.45, 2.75) is 58.0 Å². The SMILES string of the molecule is CC(C)(C)OC(=O)NC1CC(OC(F)F)C1. The Balaban J connectivity index is 2.15. The van der Waals surface area contributed by atoms with Crippen molar-refractivity contribution in [2.24, 2.45) is 0 Å². The van der Waals surface area contributed by atoms with E-state index in [2.05, 4.69) is 10.1 Å². The van der Waals surface area contributed by atoms with Crippen molar-refractivity contribution in [2.75, 3.05) is 0 Å². The summed E-state index contributed by atoms with van der Waals surface area (Å²) >= 11 is 0. The van der Waals surface area contributed by atoms with Gasteiger partial charge in [0.25, 0.3) is 0 Å². The molecule has 1 aliphatic carbocycles. The molecule has 0 aromatic heterocycles. The highest BCUT2D eigenvalue weighted by Gasteiger charge is 2.33. The first-order valence-electron chi connectivity index (χ1n) is 5.19. The molecule has 0 aromatic rings. The van der Waals surface area contributed by atoms with E-state index in [-0.39, 0.29) is 6.04 Å². The van der Waals surface area contributed by atoms with Crippen LogP contribution in [0.15, 0.2) is 0 Å². The molecular formula is C10H17F2NO3. The average Bonchev–Trinajstić information content (AvgIpc) is 1.95. The van der Waals surface area contributed by atoms with Crippen molar-refractivity contribution in [1.29, 1.82) is 0 Å². The first-order valence-corrected chi connectivity index (χ1v) is 5.19. The van der Waals surface area contributed by atoms with Gasteiger partial charge in [0.1, 0.15) is 5.60 Å². The minimum atomic E-state index is -2.74. The second kappa shape index (κ2) is 4.95. The molecule has 94 valence electrons. The van der Waals surface area contributed by atoms with Gasteiger partial charge in [0.15, 0.2) is 0 Å². The second-order valence-corrected chi connectivity index (χ2v) is 4.83. The molecule has 4 nitrogen and oxygen atoms in total. The zero-order valence-corrected chi connectivity index (χ0v) is 9.63. The van der Waals surface area contributed by atoms with E-state index in [1.807, 2.05) is 0 Å². The summed E-state index contributed by atoms with van der Waals surface area (Å²) in [7, 11) is 0. The molecule has 0 heterocycles. The largest absolute Gasteiger partial charge is 0.444 e. The molecule has 0 radical (unpaired) electrons. The lowest BCUT2D eigenvalue weighted by Gasteiger charge is -2.35. The molecule has 1 N–H and O–H groups in total. The van der Waals surface area contributed by atoms with E-state index in [4.69, 9.17) is 4.74 Å². The maximum atomic E-state index is 11.8. The second-order valence-electron chi connectivity index (χ2n) is 4.83. The van der Waals surface area contributed by atoms with Crippen LogP contribution in [0.4, 0.5) is 13.6 Å². The van der Waals surface area contributed by atoms with Gasteiger partial charge in [0, 0.05) is 6.04 Å². The van der Waals surface area contributed by atoms with Gasteiger partial charge in [-0.3, -0.25) is 0 Å². The van der Waals surface area contributed by atoms with Gasteiger partial charge in [-0.25, -0.2) is 4.79 Å². The fraction of sp³-hybridized carbons (Fsp3) is 0.900. The summed E-state index contributed by atoms with van der Waals surface area (Å²) in [5.74, 6) is 0. The predicted octanol–water partition coefficient (Wildman–Crippen LogP) is 2.28. The number of amides is 1. The predicted molar refractivity (Wildman–Crippen MR) is 53.3 cm³/mol.